The summed E-state index contributed by atoms with van der Waals surface area (Å²) < 4.78 is 16.8. The first-order valence-corrected chi connectivity index (χ1v) is 11.1. The number of carboxylic acid groups (broad SMARTS) is 1. The molecule has 2 N–H and O–H groups in total. The summed E-state index contributed by atoms with van der Waals surface area (Å²) in [5.41, 5.74) is 1.54. The van der Waals surface area contributed by atoms with Gasteiger partial charge in [0.2, 0.25) is 0 Å². The molecule has 7 heteroatoms. The largest absolute Gasteiger partial charge is 0.490 e. The maximum atomic E-state index is 12.1. The topological polar surface area (TPSA) is 94.1 Å². The van der Waals surface area contributed by atoms with E-state index < -0.39 is 18.1 Å². The lowest BCUT2D eigenvalue weighted by Crippen LogP contribution is -2.42. The van der Waals surface area contributed by atoms with Crippen LogP contribution in [0.5, 0.6) is 11.5 Å². The van der Waals surface area contributed by atoms with Crippen LogP contribution in [0.4, 0.5) is 4.79 Å². The summed E-state index contributed by atoms with van der Waals surface area (Å²) in [6.45, 7) is 5.38. The molecule has 0 heterocycles. The monoisotopic (exact) mass is 443 g/mol. The van der Waals surface area contributed by atoms with Crippen molar-refractivity contribution in [1.82, 2.24) is 5.32 Å². The van der Waals surface area contributed by atoms with Crippen LogP contribution in [-0.2, 0) is 22.6 Å². The molecular weight excluding hydrogens is 410 g/mol. The zero-order valence-corrected chi connectivity index (χ0v) is 18.8. The normalized spacial score (nSPS) is 11.4. The van der Waals surface area contributed by atoms with Gasteiger partial charge in [0.15, 0.2) is 11.5 Å². The Bertz CT molecular complexity index is 840. The second-order valence-electron chi connectivity index (χ2n) is 7.49. The van der Waals surface area contributed by atoms with Crippen molar-refractivity contribution < 1.29 is 28.9 Å². The summed E-state index contributed by atoms with van der Waals surface area (Å²) in [5.74, 6) is 0.0849. The van der Waals surface area contributed by atoms with Crippen molar-refractivity contribution in [2.45, 2.75) is 58.6 Å². The molecule has 2 aromatic carbocycles. The quantitative estimate of drug-likeness (QED) is 0.401. The minimum atomic E-state index is -1.14. The van der Waals surface area contributed by atoms with Gasteiger partial charge >= 0.3 is 12.1 Å². The summed E-state index contributed by atoms with van der Waals surface area (Å²) >= 11 is 0. The Morgan fingerprint density at radius 3 is 2.19 bits per heavy atom. The van der Waals surface area contributed by atoms with E-state index in [9.17, 15) is 14.7 Å². The molecule has 0 radical (unpaired) electrons. The SMILES string of the molecule is CCCCOc1ccc(C[C@H](NC(=O)OCc2ccccc2)C(=O)O)cc1OCCCC. The second-order valence-corrected chi connectivity index (χ2v) is 7.49. The Kier molecular flexibility index (Phi) is 10.9. The Labute approximate surface area is 189 Å². The molecule has 2 aromatic rings. The lowest BCUT2D eigenvalue weighted by atomic mass is 10.1. The number of aliphatic carboxylic acids is 1. The number of amides is 1. The van der Waals surface area contributed by atoms with Gasteiger partial charge in [-0.2, -0.15) is 0 Å². The summed E-state index contributed by atoms with van der Waals surface area (Å²) in [7, 11) is 0. The van der Waals surface area contributed by atoms with Crippen molar-refractivity contribution in [3.8, 4) is 11.5 Å². The highest BCUT2D eigenvalue weighted by molar-refractivity contribution is 5.80. The molecule has 0 fully saturated rings. The van der Waals surface area contributed by atoms with Crippen LogP contribution >= 0.6 is 0 Å². The smallest absolute Gasteiger partial charge is 0.408 e. The number of hydrogen-bond acceptors (Lipinski definition) is 5. The number of hydrogen-bond donors (Lipinski definition) is 2. The van der Waals surface area contributed by atoms with E-state index in [1.807, 2.05) is 30.3 Å². The minimum absolute atomic E-state index is 0.0677. The highest BCUT2D eigenvalue weighted by Crippen LogP contribution is 2.29. The average molecular weight is 444 g/mol. The van der Waals surface area contributed by atoms with E-state index in [2.05, 4.69) is 19.2 Å². The Morgan fingerprint density at radius 2 is 1.56 bits per heavy atom. The van der Waals surface area contributed by atoms with Crippen LogP contribution in [0.25, 0.3) is 0 Å². The van der Waals surface area contributed by atoms with Gasteiger partial charge in [0.25, 0.3) is 0 Å². The van der Waals surface area contributed by atoms with Gasteiger partial charge in [-0.05, 0) is 36.1 Å². The highest BCUT2D eigenvalue weighted by atomic mass is 16.5. The number of carboxylic acids is 1. The molecule has 174 valence electrons. The number of benzene rings is 2. The van der Waals surface area contributed by atoms with Crippen LogP contribution < -0.4 is 14.8 Å². The zero-order chi connectivity index (χ0) is 23.2. The van der Waals surface area contributed by atoms with Crippen LogP contribution in [-0.4, -0.2) is 36.4 Å². The minimum Gasteiger partial charge on any atom is -0.490 e. The third-order valence-electron chi connectivity index (χ3n) is 4.76. The summed E-state index contributed by atoms with van der Waals surface area (Å²) in [6, 6.07) is 13.4. The fourth-order valence-corrected chi connectivity index (χ4v) is 2.91. The van der Waals surface area contributed by atoms with Crippen LogP contribution in [0.2, 0.25) is 0 Å². The molecule has 0 aliphatic heterocycles. The van der Waals surface area contributed by atoms with E-state index in [1.165, 1.54) is 0 Å². The molecule has 2 rings (SSSR count). The van der Waals surface area contributed by atoms with E-state index in [1.54, 1.807) is 18.2 Å². The number of carbonyl (C=O) groups is 2. The summed E-state index contributed by atoms with van der Waals surface area (Å²) in [5, 5.41) is 12.0. The third-order valence-corrected chi connectivity index (χ3v) is 4.76. The van der Waals surface area contributed by atoms with E-state index in [4.69, 9.17) is 14.2 Å². The molecule has 0 aliphatic carbocycles. The number of nitrogens with one attached hydrogen (secondary N) is 1. The molecular formula is C25H33NO6. The van der Waals surface area contributed by atoms with Crippen LogP contribution in [0.3, 0.4) is 0 Å². The van der Waals surface area contributed by atoms with Crippen LogP contribution in [0, 0.1) is 0 Å². The Hall–Kier alpha value is -3.22. The van der Waals surface area contributed by atoms with E-state index >= 15 is 0 Å². The van der Waals surface area contributed by atoms with Gasteiger partial charge in [-0.25, -0.2) is 9.59 Å². The average Bonchev–Trinajstić information content (AvgIpc) is 2.79. The fraction of sp³-hybridized carbons (Fsp3) is 0.440. The first-order chi connectivity index (χ1) is 15.5. The lowest BCUT2D eigenvalue weighted by molar-refractivity contribution is -0.139. The number of rotatable bonds is 14. The first kappa shape index (κ1) is 25.0. The van der Waals surface area contributed by atoms with Crippen molar-refractivity contribution in [2.24, 2.45) is 0 Å². The van der Waals surface area contributed by atoms with Crippen molar-refractivity contribution in [3.05, 3.63) is 59.7 Å². The molecule has 0 unspecified atom stereocenters. The molecule has 0 saturated carbocycles. The Morgan fingerprint density at radius 1 is 0.906 bits per heavy atom. The third kappa shape index (κ3) is 8.88. The standard InChI is InChI=1S/C25H33NO6/c1-3-5-14-30-22-13-12-20(17-23(22)31-15-6-4-2)16-21(24(27)28)26-25(29)32-18-19-10-8-7-9-11-19/h7-13,17,21H,3-6,14-16,18H2,1-2H3,(H,26,29)(H,27,28)/t21-/m0/s1. The van der Waals surface area contributed by atoms with Gasteiger partial charge in [-0.1, -0.05) is 63.1 Å². The van der Waals surface area contributed by atoms with Gasteiger partial charge in [-0.15, -0.1) is 0 Å². The number of alkyl carbamates (subject to hydrolysis) is 1. The Balaban J connectivity index is 2.02. The molecule has 0 spiro atoms. The molecule has 1 atom stereocenters. The number of ether oxygens (including phenoxy) is 3. The van der Waals surface area contributed by atoms with Gasteiger partial charge in [-0.3, -0.25) is 0 Å². The van der Waals surface area contributed by atoms with Crippen molar-refractivity contribution in [3.63, 3.8) is 0 Å². The van der Waals surface area contributed by atoms with E-state index in [-0.39, 0.29) is 13.0 Å². The first-order valence-electron chi connectivity index (χ1n) is 11.1. The molecule has 0 bridgehead atoms. The molecule has 1 amide bonds. The molecule has 7 nitrogen and oxygen atoms in total. The summed E-state index contributed by atoms with van der Waals surface area (Å²) in [4.78, 5) is 23.8. The molecule has 0 saturated heterocycles. The maximum absolute atomic E-state index is 12.1. The number of carbonyl (C=O) groups excluding carboxylic acids is 1. The predicted molar refractivity (Wildman–Crippen MR) is 122 cm³/mol. The van der Waals surface area contributed by atoms with Gasteiger partial charge < -0.3 is 24.6 Å². The zero-order valence-electron chi connectivity index (χ0n) is 18.8. The maximum Gasteiger partial charge on any atom is 0.408 e. The van der Waals surface area contributed by atoms with Gasteiger partial charge in [0, 0.05) is 6.42 Å². The van der Waals surface area contributed by atoms with Gasteiger partial charge in [0.05, 0.1) is 13.2 Å². The van der Waals surface area contributed by atoms with Gasteiger partial charge in [0.1, 0.15) is 12.6 Å². The lowest BCUT2D eigenvalue weighted by Gasteiger charge is -2.17. The highest BCUT2D eigenvalue weighted by Gasteiger charge is 2.22. The molecule has 0 aromatic heterocycles. The summed E-state index contributed by atoms with van der Waals surface area (Å²) in [6.07, 6.45) is 3.19. The second kappa shape index (κ2) is 14.0. The molecule has 0 aliphatic rings. The van der Waals surface area contributed by atoms with E-state index in [0.29, 0.717) is 24.7 Å². The van der Waals surface area contributed by atoms with Crippen molar-refractivity contribution in [1.29, 1.82) is 0 Å². The van der Waals surface area contributed by atoms with Crippen molar-refractivity contribution >= 4 is 12.1 Å². The molecule has 32 heavy (non-hydrogen) atoms. The van der Waals surface area contributed by atoms with E-state index in [0.717, 1.165) is 36.8 Å². The van der Waals surface area contributed by atoms with Crippen LogP contribution in [0.1, 0.15) is 50.7 Å². The predicted octanol–water partition coefficient (Wildman–Crippen LogP) is 4.97. The van der Waals surface area contributed by atoms with Crippen LogP contribution in [0.15, 0.2) is 48.5 Å². The number of unbranched alkanes of at least 4 members (excludes halogenated alkanes) is 2. The van der Waals surface area contributed by atoms with Crippen molar-refractivity contribution in [2.75, 3.05) is 13.2 Å². The fourth-order valence-electron chi connectivity index (χ4n) is 2.91.